The number of hydrogen-bond acceptors (Lipinski definition) is 10. The summed E-state index contributed by atoms with van der Waals surface area (Å²) in [6.07, 6.45) is 66.7. The van der Waals surface area contributed by atoms with Crippen LogP contribution in [0.4, 0.5) is 0 Å². The van der Waals surface area contributed by atoms with Crippen LogP contribution in [0.5, 0.6) is 0 Å². The van der Waals surface area contributed by atoms with Gasteiger partial charge in [-0.3, -0.25) is 23.4 Å². The van der Waals surface area contributed by atoms with Crippen LogP contribution in [0.3, 0.4) is 0 Å². The largest absolute Gasteiger partial charge is 0.472 e. The van der Waals surface area contributed by atoms with Crippen molar-refractivity contribution < 1.29 is 52.2 Å². The second-order valence-electron chi connectivity index (χ2n) is 20.1. The van der Waals surface area contributed by atoms with E-state index in [1.807, 2.05) is 0 Å². The van der Waals surface area contributed by atoms with Crippen LogP contribution in [-0.2, 0) is 42.2 Å². The summed E-state index contributed by atoms with van der Waals surface area (Å²) in [7, 11) is -4.76. The molecule has 0 amide bonds. The van der Waals surface area contributed by atoms with Crippen molar-refractivity contribution in [3.8, 4) is 0 Å². The van der Waals surface area contributed by atoms with Crippen molar-refractivity contribution in [2.45, 2.75) is 277 Å². The second-order valence-corrected chi connectivity index (χ2v) is 21.6. The lowest BCUT2D eigenvalue weighted by Gasteiger charge is -2.21. The maximum Gasteiger partial charge on any atom is 0.472 e. The van der Waals surface area contributed by atoms with Crippen molar-refractivity contribution in [3.05, 3.63) is 85.1 Å². The summed E-state index contributed by atoms with van der Waals surface area (Å²) in [6, 6.07) is 0. The standard InChI is InChI=1S/C64H111O11P/c1-4-7-10-13-16-19-22-25-28-30-33-36-39-42-45-48-51-54-63(67)74-60(56-65)58-72-76(69,70)73-59-61(57-71-62(66)53-50-47-44-41-38-35-32-27-24-21-18-15-12-9-6-3)75-64(68)55-52-49-46-43-40-37-34-31-29-26-23-20-17-14-11-8-5-2/h8,11,16-21,25-29,32,60-61,65H,4-7,9-10,12-15,22-24,30-31,33-59H2,1-3H3,(H,69,70)/b11-8-,19-16-,20-17-,21-18-,28-25-,29-26-,32-27-. The molecule has 0 fully saturated rings. The molecule has 0 aliphatic carbocycles. The fourth-order valence-corrected chi connectivity index (χ4v) is 8.92. The number of ether oxygens (including phenoxy) is 3. The van der Waals surface area contributed by atoms with Gasteiger partial charge in [-0.2, -0.15) is 0 Å². The second kappa shape index (κ2) is 57.8. The predicted octanol–water partition coefficient (Wildman–Crippen LogP) is 18.3. The van der Waals surface area contributed by atoms with Gasteiger partial charge in [0.1, 0.15) is 12.7 Å². The smallest absolute Gasteiger partial charge is 0.462 e. The molecule has 0 aromatic rings. The van der Waals surface area contributed by atoms with Crippen LogP contribution >= 0.6 is 7.82 Å². The number of carbonyl (C=O) groups excluding carboxylic acids is 3. The highest BCUT2D eigenvalue weighted by molar-refractivity contribution is 7.47. The zero-order valence-corrected chi connectivity index (χ0v) is 49.3. The highest BCUT2D eigenvalue weighted by atomic mass is 31.2. The van der Waals surface area contributed by atoms with Crippen LogP contribution in [0.2, 0.25) is 0 Å². The van der Waals surface area contributed by atoms with Gasteiger partial charge in [0.05, 0.1) is 19.8 Å². The molecule has 0 heterocycles. The van der Waals surface area contributed by atoms with E-state index in [0.717, 1.165) is 141 Å². The van der Waals surface area contributed by atoms with Gasteiger partial charge in [0.2, 0.25) is 0 Å². The number of phosphoric ester groups is 1. The lowest BCUT2D eigenvalue weighted by atomic mass is 10.1. The number of aliphatic hydroxyl groups excluding tert-OH is 1. The molecule has 12 heteroatoms. The van der Waals surface area contributed by atoms with E-state index in [1.165, 1.54) is 64.2 Å². The minimum Gasteiger partial charge on any atom is -0.462 e. The van der Waals surface area contributed by atoms with Crippen LogP contribution in [0.15, 0.2) is 85.1 Å². The van der Waals surface area contributed by atoms with E-state index in [4.69, 9.17) is 23.3 Å². The third-order valence-corrected chi connectivity index (χ3v) is 13.7. The number of unbranched alkanes of at least 4 members (excludes halogenated alkanes) is 25. The van der Waals surface area contributed by atoms with Crippen molar-refractivity contribution in [2.75, 3.05) is 26.4 Å². The number of carbonyl (C=O) groups is 3. The summed E-state index contributed by atoms with van der Waals surface area (Å²) in [5, 5.41) is 9.84. The topological polar surface area (TPSA) is 155 Å². The highest BCUT2D eigenvalue weighted by Gasteiger charge is 2.28. The Labute approximate surface area is 464 Å². The first-order chi connectivity index (χ1) is 37.2. The van der Waals surface area contributed by atoms with Crippen LogP contribution in [-0.4, -0.2) is 66.5 Å². The molecule has 0 saturated carbocycles. The van der Waals surface area contributed by atoms with E-state index in [1.54, 1.807) is 0 Å². The first kappa shape index (κ1) is 72.7. The molecule has 2 N–H and O–H groups in total. The normalized spacial score (nSPS) is 13.9. The van der Waals surface area contributed by atoms with Crippen molar-refractivity contribution in [3.63, 3.8) is 0 Å². The fraction of sp³-hybridized carbons (Fsp3) is 0.734. The third-order valence-electron chi connectivity index (χ3n) is 12.8. The molecule has 0 aromatic carbocycles. The maximum atomic E-state index is 12.9. The summed E-state index contributed by atoms with van der Waals surface area (Å²) in [5.41, 5.74) is 0. The highest BCUT2D eigenvalue weighted by Crippen LogP contribution is 2.43. The van der Waals surface area contributed by atoms with Crippen LogP contribution in [0, 0.1) is 0 Å². The molecule has 0 rings (SSSR count). The molecule has 0 spiro atoms. The van der Waals surface area contributed by atoms with Gasteiger partial charge in [-0.25, -0.2) is 4.57 Å². The predicted molar refractivity (Wildman–Crippen MR) is 316 cm³/mol. The van der Waals surface area contributed by atoms with Crippen molar-refractivity contribution in [1.82, 2.24) is 0 Å². The van der Waals surface area contributed by atoms with E-state index >= 15 is 0 Å². The quantitative estimate of drug-likeness (QED) is 0.0197. The Morgan fingerprint density at radius 3 is 1.05 bits per heavy atom. The molecule has 76 heavy (non-hydrogen) atoms. The van der Waals surface area contributed by atoms with Gasteiger partial charge >= 0.3 is 25.7 Å². The molecule has 0 bridgehead atoms. The molecule has 0 aliphatic heterocycles. The number of phosphoric acid groups is 1. The molecule has 3 unspecified atom stereocenters. The number of allylic oxidation sites excluding steroid dienone is 14. The lowest BCUT2D eigenvalue weighted by molar-refractivity contribution is -0.161. The minimum absolute atomic E-state index is 0.150. The third kappa shape index (κ3) is 55.4. The van der Waals surface area contributed by atoms with E-state index in [-0.39, 0.29) is 25.9 Å². The SMILES string of the molecule is CC/C=C\C/C=C\C/C=C\CCCCCCCCCC(=O)OC(COC(=O)CCCCCCC/C=C\C/C=C\CCCCC)COP(=O)(O)OCC(CO)OC(=O)CCCCCCCCC/C=C\C/C=C\CCCCC. The van der Waals surface area contributed by atoms with E-state index in [0.29, 0.717) is 19.3 Å². The molecule has 438 valence electrons. The summed E-state index contributed by atoms with van der Waals surface area (Å²) in [5.74, 6) is -1.50. The average Bonchev–Trinajstić information content (AvgIpc) is 3.41. The Bertz CT molecular complexity index is 1600. The van der Waals surface area contributed by atoms with Gasteiger partial charge in [0.25, 0.3) is 0 Å². The van der Waals surface area contributed by atoms with E-state index < -0.39 is 57.8 Å². The van der Waals surface area contributed by atoms with Crippen molar-refractivity contribution >= 4 is 25.7 Å². The fourth-order valence-electron chi connectivity index (χ4n) is 8.14. The van der Waals surface area contributed by atoms with Crippen molar-refractivity contribution in [2.24, 2.45) is 0 Å². The maximum absolute atomic E-state index is 12.9. The first-order valence-corrected chi connectivity index (χ1v) is 32.0. The van der Waals surface area contributed by atoms with Gasteiger partial charge in [-0.15, -0.1) is 0 Å². The summed E-state index contributed by atoms with van der Waals surface area (Å²) >= 11 is 0. The number of rotatable bonds is 56. The van der Waals surface area contributed by atoms with E-state index in [9.17, 15) is 28.9 Å². The van der Waals surface area contributed by atoms with Gasteiger partial charge in [0, 0.05) is 19.3 Å². The van der Waals surface area contributed by atoms with Crippen LogP contribution in [0.1, 0.15) is 265 Å². The van der Waals surface area contributed by atoms with Gasteiger partial charge in [0.15, 0.2) is 6.10 Å². The Balaban J connectivity index is 4.74. The van der Waals surface area contributed by atoms with Gasteiger partial charge < -0.3 is 24.2 Å². The Hall–Kier alpha value is -3.34. The molecule has 0 aliphatic rings. The van der Waals surface area contributed by atoms with Crippen molar-refractivity contribution in [1.29, 1.82) is 0 Å². The number of esters is 3. The Kier molecular flexibility index (Phi) is 55.3. The van der Waals surface area contributed by atoms with E-state index in [2.05, 4.69) is 106 Å². The molecular weight excluding hydrogens is 976 g/mol. The number of aliphatic hydroxyl groups is 1. The molecule has 11 nitrogen and oxygen atoms in total. The van der Waals surface area contributed by atoms with Gasteiger partial charge in [-0.1, -0.05) is 215 Å². The summed E-state index contributed by atoms with van der Waals surface area (Å²) in [4.78, 5) is 48.7. The average molecular weight is 1090 g/mol. The van der Waals surface area contributed by atoms with Gasteiger partial charge in [-0.05, 0) is 116 Å². The lowest BCUT2D eigenvalue weighted by Crippen LogP contribution is -2.30. The van der Waals surface area contributed by atoms with Crippen LogP contribution < -0.4 is 0 Å². The summed E-state index contributed by atoms with van der Waals surface area (Å²) in [6.45, 7) is 4.47. The molecule has 0 saturated heterocycles. The van der Waals surface area contributed by atoms with Crippen LogP contribution in [0.25, 0.3) is 0 Å². The first-order valence-electron chi connectivity index (χ1n) is 30.5. The zero-order chi connectivity index (χ0) is 55.5. The Morgan fingerprint density at radius 1 is 0.382 bits per heavy atom. The Morgan fingerprint density at radius 2 is 0.684 bits per heavy atom. The molecule has 0 radical (unpaired) electrons. The summed E-state index contributed by atoms with van der Waals surface area (Å²) < 4.78 is 39.6. The number of hydrogen-bond donors (Lipinski definition) is 2. The molecule has 3 atom stereocenters. The zero-order valence-electron chi connectivity index (χ0n) is 48.5. The molecular formula is C64H111O11P. The minimum atomic E-state index is -4.76. The molecule has 0 aromatic heterocycles. The monoisotopic (exact) mass is 1090 g/mol.